The number of hydrogen-bond donors (Lipinski definition) is 1. The molecule has 0 fully saturated rings. The molecule has 0 aliphatic heterocycles. The number of thioether (sulfide) groups is 1. The Kier molecular flexibility index (Phi) is 4.96. The molecule has 1 amide bonds. The number of hydrogen-bond acceptors (Lipinski definition) is 6. The van der Waals surface area contributed by atoms with Gasteiger partial charge in [0.2, 0.25) is 5.91 Å². The first-order chi connectivity index (χ1) is 11.5. The van der Waals surface area contributed by atoms with Gasteiger partial charge in [-0.1, -0.05) is 29.5 Å². The molecular formula is C16H17N5OS2. The van der Waals surface area contributed by atoms with Gasteiger partial charge in [0.1, 0.15) is 6.33 Å². The van der Waals surface area contributed by atoms with Gasteiger partial charge in [0.25, 0.3) is 0 Å². The van der Waals surface area contributed by atoms with Crippen molar-refractivity contribution in [3.63, 3.8) is 0 Å². The lowest BCUT2D eigenvalue weighted by Gasteiger charge is -2.09. The number of aryl methyl sites for hydroxylation is 2. The lowest BCUT2D eigenvalue weighted by molar-refractivity contribution is -0.114. The summed E-state index contributed by atoms with van der Waals surface area (Å²) in [6, 6.07) is 6.30. The van der Waals surface area contributed by atoms with Gasteiger partial charge in [0, 0.05) is 18.1 Å². The van der Waals surface area contributed by atoms with Gasteiger partial charge in [0.15, 0.2) is 10.3 Å². The van der Waals surface area contributed by atoms with Crippen molar-refractivity contribution in [1.82, 2.24) is 19.7 Å². The Morgan fingerprint density at radius 1 is 1.38 bits per heavy atom. The Morgan fingerprint density at radius 3 is 2.96 bits per heavy atom. The molecule has 2 aromatic heterocycles. The SMILES string of the molecule is CC(=O)Nc1nc(CSc2nncn2-c2ccc(C)cc2C)cs1. The minimum absolute atomic E-state index is 0.113. The van der Waals surface area contributed by atoms with Crippen LogP contribution >= 0.6 is 23.1 Å². The van der Waals surface area contributed by atoms with Gasteiger partial charge in [-0.2, -0.15) is 0 Å². The molecule has 124 valence electrons. The highest BCUT2D eigenvalue weighted by molar-refractivity contribution is 7.98. The van der Waals surface area contributed by atoms with Crippen LogP contribution in [-0.4, -0.2) is 25.7 Å². The average Bonchev–Trinajstić information content (AvgIpc) is 3.14. The average molecular weight is 359 g/mol. The molecule has 2 heterocycles. The monoisotopic (exact) mass is 359 g/mol. The number of anilines is 1. The molecular weight excluding hydrogens is 342 g/mol. The third kappa shape index (κ3) is 3.82. The van der Waals surface area contributed by atoms with E-state index < -0.39 is 0 Å². The molecule has 0 aliphatic carbocycles. The maximum atomic E-state index is 11.1. The number of rotatable bonds is 5. The molecule has 0 radical (unpaired) electrons. The predicted molar refractivity (Wildman–Crippen MR) is 96.8 cm³/mol. The number of amides is 1. The van der Waals surface area contributed by atoms with E-state index in [2.05, 4.69) is 52.5 Å². The van der Waals surface area contributed by atoms with Crippen molar-refractivity contribution in [2.75, 3.05) is 5.32 Å². The number of carbonyl (C=O) groups excluding carboxylic acids is 1. The fourth-order valence-electron chi connectivity index (χ4n) is 2.28. The lowest BCUT2D eigenvalue weighted by atomic mass is 10.1. The number of aromatic nitrogens is 4. The lowest BCUT2D eigenvalue weighted by Crippen LogP contribution is -2.05. The van der Waals surface area contributed by atoms with Crippen LogP contribution in [0.1, 0.15) is 23.7 Å². The number of benzene rings is 1. The second kappa shape index (κ2) is 7.14. The molecule has 0 saturated carbocycles. The van der Waals surface area contributed by atoms with Crippen LogP contribution in [0, 0.1) is 13.8 Å². The van der Waals surface area contributed by atoms with Gasteiger partial charge in [-0.15, -0.1) is 21.5 Å². The second-order valence-electron chi connectivity index (χ2n) is 5.39. The van der Waals surface area contributed by atoms with Gasteiger partial charge < -0.3 is 5.32 Å². The van der Waals surface area contributed by atoms with Crippen molar-refractivity contribution in [1.29, 1.82) is 0 Å². The van der Waals surface area contributed by atoms with Crippen LogP contribution in [0.2, 0.25) is 0 Å². The molecule has 1 N–H and O–H groups in total. The summed E-state index contributed by atoms with van der Waals surface area (Å²) in [6.45, 7) is 5.63. The quantitative estimate of drug-likeness (QED) is 0.705. The maximum Gasteiger partial charge on any atom is 0.223 e. The van der Waals surface area contributed by atoms with E-state index in [1.165, 1.54) is 29.4 Å². The second-order valence-corrected chi connectivity index (χ2v) is 7.19. The van der Waals surface area contributed by atoms with Crippen molar-refractivity contribution < 1.29 is 4.79 Å². The van der Waals surface area contributed by atoms with Crippen LogP contribution in [0.4, 0.5) is 5.13 Å². The molecule has 8 heteroatoms. The standard InChI is InChI=1S/C16H17N5OS2/c1-10-4-5-14(11(2)6-10)21-9-17-20-16(21)24-8-13-7-23-15(19-13)18-12(3)22/h4-7,9H,8H2,1-3H3,(H,18,19,22). The Morgan fingerprint density at radius 2 is 2.21 bits per heavy atom. The van der Waals surface area contributed by atoms with Crippen LogP contribution in [0.5, 0.6) is 0 Å². The van der Waals surface area contributed by atoms with E-state index in [0.717, 1.165) is 16.5 Å². The number of thiazole rings is 1. The third-order valence-electron chi connectivity index (χ3n) is 3.31. The summed E-state index contributed by atoms with van der Waals surface area (Å²) < 4.78 is 1.99. The maximum absolute atomic E-state index is 11.1. The molecule has 6 nitrogen and oxygen atoms in total. The molecule has 1 aromatic carbocycles. The van der Waals surface area contributed by atoms with E-state index in [-0.39, 0.29) is 5.91 Å². The van der Waals surface area contributed by atoms with E-state index >= 15 is 0 Å². The van der Waals surface area contributed by atoms with E-state index in [9.17, 15) is 4.79 Å². The normalized spacial score (nSPS) is 10.8. The van der Waals surface area contributed by atoms with E-state index in [4.69, 9.17) is 0 Å². The topological polar surface area (TPSA) is 72.7 Å². The summed E-state index contributed by atoms with van der Waals surface area (Å²) in [5.41, 5.74) is 4.39. The zero-order valence-electron chi connectivity index (χ0n) is 13.6. The zero-order valence-corrected chi connectivity index (χ0v) is 15.2. The third-order valence-corrected chi connectivity index (χ3v) is 5.10. The number of carbonyl (C=O) groups is 1. The van der Waals surface area contributed by atoms with Crippen molar-refractivity contribution in [2.24, 2.45) is 0 Å². The summed E-state index contributed by atoms with van der Waals surface area (Å²) in [5.74, 6) is 0.554. The van der Waals surface area contributed by atoms with Crippen LogP contribution in [0.3, 0.4) is 0 Å². The summed E-state index contributed by atoms with van der Waals surface area (Å²) in [5, 5.41) is 14.3. The molecule has 0 spiro atoms. The molecule has 0 aliphatic rings. The minimum atomic E-state index is -0.113. The Bertz CT molecular complexity index is 871. The number of nitrogens with one attached hydrogen (secondary N) is 1. The Hall–Kier alpha value is -2.19. The van der Waals surface area contributed by atoms with Gasteiger partial charge in [-0.3, -0.25) is 9.36 Å². The van der Waals surface area contributed by atoms with Gasteiger partial charge in [-0.25, -0.2) is 4.98 Å². The molecule has 3 rings (SSSR count). The first-order valence-corrected chi connectivity index (χ1v) is 9.22. The van der Waals surface area contributed by atoms with Crippen molar-refractivity contribution >= 4 is 34.1 Å². The molecule has 0 saturated heterocycles. The fourth-order valence-corrected chi connectivity index (χ4v) is 3.96. The molecule has 0 atom stereocenters. The predicted octanol–water partition coefficient (Wildman–Crippen LogP) is 3.59. The highest BCUT2D eigenvalue weighted by atomic mass is 32.2. The minimum Gasteiger partial charge on any atom is -0.302 e. The first kappa shape index (κ1) is 16.7. The van der Waals surface area contributed by atoms with Gasteiger partial charge in [-0.05, 0) is 25.5 Å². The van der Waals surface area contributed by atoms with Crippen LogP contribution < -0.4 is 5.32 Å². The van der Waals surface area contributed by atoms with E-state index in [0.29, 0.717) is 10.9 Å². The smallest absolute Gasteiger partial charge is 0.223 e. The van der Waals surface area contributed by atoms with E-state index in [1.54, 1.807) is 18.1 Å². The van der Waals surface area contributed by atoms with Gasteiger partial charge >= 0.3 is 0 Å². The summed E-state index contributed by atoms with van der Waals surface area (Å²) in [7, 11) is 0. The van der Waals surface area contributed by atoms with Crippen LogP contribution in [0.15, 0.2) is 35.1 Å². The molecule has 24 heavy (non-hydrogen) atoms. The zero-order chi connectivity index (χ0) is 17.1. The molecule has 0 unspecified atom stereocenters. The van der Waals surface area contributed by atoms with Crippen molar-refractivity contribution in [2.45, 2.75) is 31.7 Å². The molecule has 0 bridgehead atoms. The van der Waals surface area contributed by atoms with Crippen LogP contribution in [0.25, 0.3) is 5.69 Å². The van der Waals surface area contributed by atoms with Gasteiger partial charge in [0.05, 0.1) is 11.4 Å². The Balaban J connectivity index is 1.74. The van der Waals surface area contributed by atoms with Crippen molar-refractivity contribution in [3.8, 4) is 5.69 Å². The summed E-state index contributed by atoms with van der Waals surface area (Å²) >= 11 is 2.99. The van der Waals surface area contributed by atoms with Crippen molar-refractivity contribution in [3.05, 3.63) is 46.7 Å². The molecule has 3 aromatic rings. The summed E-state index contributed by atoms with van der Waals surface area (Å²) in [6.07, 6.45) is 1.73. The first-order valence-electron chi connectivity index (χ1n) is 7.35. The van der Waals surface area contributed by atoms with E-state index in [1.807, 2.05) is 9.95 Å². The number of nitrogens with zero attached hydrogens (tertiary/aromatic N) is 4. The highest BCUT2D eigenvalue weighted by Gasteiger charge is 2.11. The fraction of sp³-hybridized carbons (Fsp3) is 0.250. The highest BCUT2D eigenvalue weighted by Crippen LogP contribution is 2.26. The largest absolute Gasteiger partial charge is 0.302 e. The van der Waals surface area contributed by atoms with Crippen LogP contribution in [-0.2, 0) is 10.5 Å². The summed E-state index contributed by atoms with van der Waals surface area (Å²) in [4.78, 5) is 15.4. The Labute approximate surface area is 148 Å².